The molecule has 1 aromatic carbocycles. The summed E-state index contributed by atoms with van der Waals surface area (Å²) in [6.07, 6.45) is 4.59. The van der Waals surface area contributed by atoms with E-state index in [0.717, 1.165) is 23.9 Å². The molecule has 0 amide bonds. The minimum absolute atomic E-state index is 0. The number of sulfone groups is 1. The van der Waals surface area contributed by atoms with Gasteiger partial charge in [0.25, 0.3) is 0 Å². The zero-order valence-electron chi connectivity index (χ0n) is 17.2. The van der Waals surface area contributed by atoms with E-state index in [1.165, 1.54) is 41.6 Å². The molecule has 0 saturated carbocycles. The lowest BCUT2D eigenvalue weighted by molar-refractivity contribution is 0.475. The number of hydrogen-bond donors (Lipinski definition) is 1. The highest BCUT2D eigenvalue weighted by molar-refractivity contribution is 14.0. The first-order chi connectivity index (χ1) is 13.9. The number of aliphatic imine (C=N–C) groups is 1. The van der Waals surface area contributed by atoms with Gasteiger partial charge in [-0.3, -0.25) is 4.99 Å². The number of guanidine groups is 1. The largest absolute Gasteiger partial charge is 0.357 e. The van der Waals surface area contributed by atoms with Crippen molar-refractivity contribution in [2.45, 2.75) is 44.0 Å². The summed E-state index contributed by atoms with van der Waals surface area (Å²) in [6, 6.07) is 5.43. The Hall–Kier alpha value is -1.27. The van der Waals surface area contributed by atoms with E-state index in [9.17, 15) is 12.8 Å². The first kappa shape index (κ1) is 25.0. The van der Waals surface area contributed by atoms with Crippen LogP contribution >= 0.6 is 35.3 Å². The average Bonchev–Trinajstić information content (AvgIpc) is 3.09. The van der Waals surface area contributed by atoms with Crippen LogP contribution in [0.3, 0.4) is 0 Å². The molecule has 1 aromatic heterocycles. The molecular weight excluding hydrogens is 538 g/mol. The van der Waals surface area contributed by atoms with E-state index >= 15 is 0 Å². The van der Waals surface area contributed by atoms with Gasteiger partial charge in [-0.05, 0) is 44.7 Å². The number of rotatable bonds is 7. The van der Waals surface area contributed by atoms with Crippen molar-refractivity contribution in [3.8, 4) is 0 Å². The molecular formula is C20H28FIN4O2S2. The highest BCUT2D eigenvalue weighted by atomic mass is 127. The van der Waals surface area contributed by atoms with Crippen LogP contribution in [0.15, 0.2) is 34.2 Å². The Balaban J connectivity index is 0.00000320. The molecule has 2 aromatic rings. The molecule has 0 aliphatic heterocycles. The molecule has 1 N–H and O–H groups in total. The van der Waals surface area contributed by atoms with Crippen molar-refractivity contribution >= 4 is 51.1 Å². The summed E-state index contributed by atoms with van der Waals surface area (Å²) in [5.41, 5.74) is 1.22. The Bertz CT molecular complexity index is 955. The van der Waals surface area contributed by atoms with Gasteiger partial charge in [-0.15, -0.1) is 35.3 Å². The van der Waals surface area contributed by atoms with E-state index in [-0.39, 0.29) is 41.2 Å². The van der Waals surface area contributed by atoms with Gasteiger partial charge in [0.15, 0.2) is 15.8 Å². The Morgan fingerprint density at radius 1 is 1.30 bits per heavy atom. The first-order valence-electron chi connectivity index (χ1n) is 9.85. The van der Waals surface area contributed by atoms with Crippen LogP contribution in [0.4, 0.5) is 4.39 Å². The van der Waals surface area contributed by atoms with Gasteiger partial charge < -0.3 is 10.2 Å². The summed E-state index contributed by atoms with van der Waals surface area (Å²) in [4.78, 5) is 12.3. The molecule has 6 nitrogen and oxygen atoms in total. The van der Waals surface area contributed by atoms with E-state index in [2.05, 4.69) is 10.3 Å². The standard InChI is InChI=1S/C20H27FN4O2S2.HI/c1-3-22-20(23-12-13-29(26,27)18-11-7-4-8-15(18)21)25(2)14-19-24-16-9-5-6-10-17(16)28-19;/h4,7-8,11H,3,5-6,9-10,12-14H2,1-2H3,(H,22,23);1H. The molecule has 0 unspecified atom stereocenters. The lowest BCUT2D eigenvalue weighted by Crippen LogP contribution is -2.38. The fraction of sp³-hybridized carbons (Fsp3) is 0.500. The Morgan fingerprint density at radius 2 is 2.03 bits per heavy atom. The fourth-order valence-electron chi connectivity index (χ4n) is 3.30. The van der Waals surface area contributed by atoms with Crippen LogP contribution in [0, 0.1) is 5.82 Å². The van der Waals surface area contributed by atoms with Crippen molar-refractivity contribution < 1.29 is 12.8 Å². The molecule has 1 aliphatic carbocycles. The summed E-state index contributed by atoms with van der Waals surface area (Å²) in [5, 5.41) is 4.23. The monoisotopic (exact) mass is 566 g/mol. The minimum Gasteiger partial charge on any atom is -0.357 e. The molecule has 10 heteroatoms. The van der Waals surface area contributed by atoms with Gasteiger partial charge in [-0.1, -0.05) is 12.1 Å². The van der Waals surface area contributed by atoms with Crippen LogP contribution in [0.5, 0.6) is 0 Å². The Labute approximate surface area is 198 Å². The van der Waals surface area contributed by atoms with E-state index in [1.807, 2.05) is 18.9 Å². The van der Waals surface area contributed by atoms with Crippen molar-refractivity contribution in [3.05, 3.63) is 45.7 Å². The SMILES string of the molecule is CCNC(=NCCS(=O)(=O)c1ccccc1F)N(C)Cc1nc2c(s1)CCCC2.I. The van der Waals surface area contributed by atoms with Gasteiger partial charge in [0.05, 0.1) is 24.5 Å². The molecule has 1 heterocycles. The number of nitrogens with zero attached hydrogens (tertiary/aromatic N) is 3. The lowest BCUT2D eigenvalue weighted by Gasteiger charge is -2.21. The zero-order valence-corrected chi connectivity index (χ0v) is 21.2. The molecule has 0 radical (unpaired) electrons. The van der Waals surface area contributed by atoms with Gasteiger partial charge in [0.2, 0.25) is 0 Å². The number of hydrogen-bond acceptors (Lipinski definition) is 5. The van der Waals surface area contributed by atoms with Crippen LogP contribution in [0.2, 0.25) is 0 Å². The van der Waals surface area contributed by atoms with Gasteiger partial charge >= 0.3 is 0 Å². The van der Waals surface area contributed by atoms with Crippen LogP contribution in [0.1, 0.15) is 35.3 Å². The zero-order chi connectivity index (χ0) is 20.9. The average molecular weight is 567 g/mol. The van der Waals surface area contributed by atoms with Gasteiger partial charge in [0.1, 0.15) is 15.7 Å². The predicted octanol–water partition coefficient (Wildman–Crippen LogP) is 3.65. The van der Waals surface area contributed by atoms with Gasteiger partial charge in [-0.25, -0.2) is 17.8 Å². The van der Waals surface area contributed by atoms with E-state index in [4.69, 9.17) is 4.98 Å². The smallest absolute Gasteiger partial charge is 0.194 e. The number of aryl methyl sites for hydroxylation is 2. The topological polar surface area (TPSA) is 74.7 Å². The first-order valence-corrected chi connectivity index (χ1v) is 12.3. The number of thiazole rings is 1. The minimum atomic E-state index is -3.73. The van der Waals surface area contributed by atoms with Crippen molar-refractivity contribution in [3.63, 3.8) is 0 Å². The van der Waals surface area contributed by atoms with Crippen LogP contribution in [0.25, 0.3) is 0 Å². The molecule has 0 fully saturated rings. The highest BCUT2D eigenvalue weighted by Crippen LogP contribution is 2.27. The number of nitrogens with one attached hydrogen (secondary N) is 1. The van der Waals surface area contributed by atoms with E-state index < -0.39 is 15.7 Å². The third-order valence-electron chi connectivity index (χ3n) is 4.75. The van der Waals surface area contributed by atoms with Gasteiger partial charge in [-0.2, -0.15) is 0 Å². The molecule has 3 rings (SSSR count). The van der Waals surface area contributed by atoms with Crippen molar-refractivity contribution in [1.82, 2.24) is 15.2 Å². The fourth-order valence-corrected chi connectivity index (χ4v) is 5.71. The molecule has 0 atom stereocenters. The second-order valence-electron chi connectivity index (χ2n) is 7.03. The van der Waals surface area contributed by atoms with Crippen LogP contribution in [-0.2, 0) is 29.2 Å². The molecule has 0 saturated heterocycles. The maximum Gasteiger partial charge on any atom is 0.194 e. The summed E-state index contributed by atoms with van der Waals surface area (Å²) in [7, 11) is -1.82. The maximum atomic E-state index is 13.8. The number of aromatic nitrogens is 1. The summed E-state index contributed by atoms with van der Waals surface area (Å²) >= 11 is 1.75. The predicted molar refractivity (Wildman–Crippen MR) is 130 cm³/mol. The van der Waals surface area contributed by atoms with Crippen LogP contribution in [-0.4, -0.2) is 50.2 Å². The van der Waals surface area contributed by atoms with Crippen molar-refractivity contribution in [2.75, 3.05) is 25.9 Å². The van der Waals surface area contributed by atoms with E-state index in [0.29, 0.717) is 19.0 Å². The second-order valence-corrected chi connectivity index (χ2v) is 10.3. The van der Waals surface area contributed by atoms with E-state index in [1.54, 1.807) is 11.3 Å². The summed E-state index contributed by atoms with van der Waals surface area (Å²) < 4.78 is 38.6. The molecule has 0 spiro atoms. The maximum absolute atomic E-state index is 13.8. The normalized spacial score (nSPS) is 14.0. The number of fused-ring (bicyclic) bond motifs is 1. The van der Waals surface area contributed by atoms with Crippen LogP contribution < -0.4 is 5.32 Å². The Morgan fingerprint density at radius 3 is 2.73 bits per heavy atom. The van der Waals surface area contributed by atoms with Crippen molar-refractivity contribution in [1.29, 1.82) is 0 Å². The highest BCUT2D eigenvalue weighted by Gasteiger charge is 2.19. The lowest BCUT2D eigenvalue weighted by atomic mass is 10.0. The Kier molecular flexibility index (Phi) is 9.48. The number of halogens is 2. The second kappa shape index (κ2) is 11.4. The summed E-state index contributed by atoms with van der Waals surface area (Å²) in [6.45, 7) is 3.29. The molecule has 0 bridgehead atoms. The quantitative estimate of drug-likeness (QED) is 0.315. The third kappa shape index (κ3) is 6.36. The van der Waals surface area contributed by atoms with Crippen molar-refractivity contribution in [2.24, 2.45) is 4.99 Å². The molecule has 166 valence electrons. The molecule has 30 heavy (non-hydrogen) atoms. The number of benzene rings is 1. The molecule has 1 aliphatic rings. The summed E-state index contributed by atoms with van der Waals surface area (Å²) in [5.74, 6) is -0.361. The third-order valence-corrected chi connectivity index (χ3v) is 7.62. The van der Waals surface area contributed by atoms with Gasteiger partial charge in [0, 0.05) is 18.5 Å².